The van der Waals surface area contributed by atoms with Gasteiger partial charge in [-0.25, -0.2) is 15.0 Å². The van der Waals surface area contributed by atoms with Gasteiger partial charge in [-0.05, 0) is 49.1 Å². The van der Waals surface area contributed by atoms with Crippen LogP contribution in [0.1, 0.15) is 35.5 Å². The fraction of sp³-hybridized carbons (Fsp3) is 0.250. The third-order valence-corrected chi connectivity index (χ3v) is 6.08. The quantitative estimate of drug-likeness (QED) is 0.430. The number of aryl methyl sites for hydroxylation is 2. The first kappa shape index (κ1) is 19.6. The largest absolute Gasteiger partial charge is 0.489 e. The number of benzene rings is 2. The van der Waals surface area contributed by atoms with Gasteiger partial charge in [0, 0.05) is 12.6 Å². The molecule has 1 aliphatic heterocycles. The highest BCUT2D eigenvalue weighted by Gasteiger charge is 2.17. The highest BCUT2D eigenvalue weighted by atomic mass is 32.1. The van der Waals surface area contributed by atoms with Crippen molar-refractivity contribution in [2.45, 2.75) is 39.3 Å². The van der Waals surface area contributed by atoms with Crippen molar-refractivity contribution in [1.29, 1.82) is 0 Å². The molecule has 1 aliphatic rings. The Labute approximate surface area is 185 Å². The van der Waals surface area contributed by atoms with Gasteiger partial charge in [0.25, 0.3) is 0 Å². The maximum atomic E-state index is 6.07. The van der Waals surface area contributed by atoms with Gasteiger partial charge in [0.15, 0.2) is 5.82 Å². The number of thiazole rings is 1. The molecule has 0 unspecified atom stereocenters. The van der Waals surface area contributed by atoms with Crippen molar-refractivity contribution in [1.82, 2.24) is 15.0 Å². The lowest BCUT2D eigenvalue weighted by Crippen LogP contribution is -2.09. The first-order valence-electron chi connectivity index (χ1n) is 10.4. The van der Waals surface area contributed by atoms with Gasteiger partial charge >= 0.3 is 0 Å². The van der Waals surface area contributed by atoms with Gasteiger partial charge in [-0.1, -0.05) is 41.7 Å². The minimum atomic E-state index is 0.0650. The summed E-state index contributed by atoms with van der Waals surface area (Å²) in [7, 11) is 0. The van der Waals surface area contributed by atoms with Crippen molar-refractivity contribution >= 4 is 39.4 Å². The number of aromatic nitrogens is 3. The Morgan fingerprint density at radius 2 is 1.97 bits per heavy atom. The summed E-state index contributed by atoms with van der Waals surface area (Å²) in [6.45, 7) is 4.74. The van der Waals surface area contributed by atoms with E-state index in [1.807, 2.05) is 26.1 Å². The molecule has 2 aromatic heterocycles. The van der Waals surface area contributed by atoms with Crippen molar-refractivity contribution in [3.8, 4) is 5.75 Å². The second-order valence-electron chi connectivity index (χ2n) is 7.78. The third-order valence-electron chi connectivity index (χ3n) is 5.06. The van der Waals surface area contributed by atoms with Crippen LogP contribution in [0.5, 0.6) is 5.75 Å². The Hall–Kier alpha value is -3.32. The summed E-state index contributed by atoms with van der Waals surface area (Å²) in [6.07, 6.45) is 5.38. The van der Waals surface area contributed by atoms with Gasteiger partial charge in [-0.3, -0.25) is 4.99 Å². The summed E-state index contributed by atoms with van der Waals surface area (Å²) >= 11 is 1.62. The molecule has 1 N–H and O–H groups in total. The van der Waals surface area contributed by atoms with E-state index in [-0.39, 0.29) is 6.10 Å². The van der Waals surface area contributed by atoms with E-state index in [0.717, 1.165) is 45.2 Å². The predicted molar refractivity (Wildman–Crippen MR) is 126 cm³/mol. The van der Waals surface area contributed by atoms with Gasteiger partial charge < -0.3 is 10.1 Å². The number of anilines is 2. The molecule has 0 amide bonds. The fourth-order valence-electron chi connectivity index (χ4n) is 3.61. The van der Waals surface area contributed by atoms with Gasteiger partial charge in [0.2, 0.25) is 0 Å². The Balaban J connectivity index is 1.44. The second-order valence-corrected chi connectivity index (χ2v) is 8.84. The van der Waals surface area contributed by atoms with E-state index in [9.17, 15) is 0 Å². The molecule has 0 bridgehead atoms. The molecule has 0 atom stereocenters. The molecule has 0 aliphatic carbocycles. The zero-order valence-corrected chi connectivity index (χ0v) is 18.3. The maximum Gasteiger partial charge on any atom is 0.161 e. The highest BCUT2D eigenvalue weighted by molar-refractivity contribution is 7.18. The minimum absolute atomic E-state index is 0.0650. The second kappa shape index (κ2) is 8.43. The maximum absolute atomic E-state index is 6.07. The molecule has 5 rings (SSSR count). The van der Waals surface area contributed by atoms with Gasteiger partial charge in [0.1, 0.15) is 22.4 Å². The summed E-state index contributed by atoms with van der Waals surface area (Å²) in [6, 6.07) is 14.6. The number of fused-ring (bicyclic) bond motifs is 2. The fourth-order valence-corrected chi connectivity index (χ4v) is 4.51. The van der Waals surface area contributed by atoms with Crippen LogP contribution in [0.15, 0.2) is 53.8 Å². The van der Waals surface area contributed by atoms with Crippen molar-refractivity contribution in [3.05, 3.63) is 70.5 Å². The van der Waals surface area contributed by atoms with Crippen LogP contribution in [0.25, 0.3) is 10.3 Å². The van der Waals surface area contributed by atoms with Crippen LogP contribution < -0.4 is 10.1 Å². The van der Waals surface area contributed by atoms with Crippen molar-refractivity contribution < 1.29 is 4.74 Å². The molecule has 4 aromatic rings. The number of nitrogens with zero attached hydrogens (tertiary/aromatic N) is 4. The summed E-state index contributed by atoms with van der Waals surface area (Å²) in [5.41, 5.74) is 5.23. The minimum Gasteiger partial charge on any atom is -0.489 e. The molecule has 0 spiro atoms. The molecule has 6 nitrogen and oxygen atoms in total. The third kappa shape index (κ3) is 4.27. The molecule has 0 saturated carbocycles. The highest BCUT2D eigenvalue weighted by Crippen LogP contribution is 2.35. The van der Waals surface area contributed by atoms with E-state index < -0.39 is 0 Å². The number of nitrogens with one attached hydrogen (secondary N) is 1. The molecular formula is C24H23N5OS. The lowest BCUT2D eigenvalue weighted by molar-refractivity contribution is 0.243. The van der Waals surface area contributed by atoms with E-state index in [0.29, 0.717) is 12.4 Å². The van der Waals surface area contributed by atoms with Gasteiger partial charge in [0.05, 0.1) is 23.3 Å². The molecule has 3 heterocycles. The van der Waals surface area contributed by atoms with E-state index in [4.69, 9.17) is 9.72 Å². The van der Waals surface area contributed by atoms with Crippen LogP contribution in [-0.2, 0) is 19.4 Å². The Morgan fingerprint density at radius 3 is 2.81 bits per heavy atom. The average Bonchev–Trinajstić information content (AvgIpc) is 3.39. The summed E-state index contributed by atoms with van der Waals surface area (Å²) in [5, 5.41) is 4.50. The van der Waals surface area contributed by atoms with Crippen LogP contribution >= 0.6 is 11.3 Å². The number of hydrogen-bond acceptors (Lipinski definition) is 7. The monoisotopic (exact) mass is 429 g/mol. The lowest BCUT2D eigenvalue weighted by Gasteiger charge is -2.17. The summed E-state index contributed by atoms with van der Waals surface area (Å²) < 4.78 is 6.07. The zero-order chi connectivity index (χ0) is 21.2. The summed E-state index contributed by atoms with van der Waals surface area (Å²) in [5.74, 6) is 1.49. The van der Waals surface area contributed by atoms with Crippen molar-refractivity contribution in [2.24, 2.45) is 4.99 Å². The molecule has 31 heavy (non-hydrogen) atoms. The number of rotatable bonds is 7. The lowest BCUT2D eigenvalue weighted by atomic mass is 10.1. The molecule has 0 saturated heterocycles. The molecular weight excluding hydrogens is 406 g/mol. The molecule has 156 valence electrons. The van der Waals surface area contributed by atoms with Gasteiger partial charge in [-0.2, -0.15) is 0 Å². The van der Waals surface area contributed by atoms with Crippen LogP contribution in [0.3, 0.4) is 0 Å². The van der Waals surface area contributed by atoms with Crippen LogP contribution in [0, 0.1) is 0 Å². The number of aliphatic imine (C=N–C) groups is 1. The van der Waals surface area contributed by atoms with E-state index >= 15 is 0 Å². The van der Waals surface area contributed by atoms with Crippen molar-refractivity contribution in [2.75, 3.05) is 5.32 Å². The smallest absolute Gasteiger partial charge is 0.161 e. The number of ether oxygens (including phenoxy) is 1. The first-order valence-corrected chi connectivity index (χ1v) is 11.2. The Morgan fingerprint density at radius 1 is 1.10 bits per heavy atom. The van der Waals surface area contributed by atoms with E-state index in [1.165, 1.54) is 11.1 Å². The van der Waals surface area contributed by atoms with Crippen LogP contribution in [0.4, 0.5) is 11.5 Å². The van der Waals surface area contributed by atoms with E-state index in [1.54, 1.807) is 17.7 Å². The Bertz CT molecular complexity index is 1250. The van der Waals surface area contributed by atoms with Gasteiger partial charge in [-0.15, -0.1) is 0 Å². The summed E-state index contributed by atoms with van der Waals surface area (Å²) in [4.78, 5) is 19.0. The SMILES string of the molecule is CC(C)Oc1cc2c(cc1Nc1ncnc3sc(CCc4ccccc4)nc13)C=NC2. The Kier molecular flexibility index (Phi) is 5.34. The number of hydrogen-bond donors (Lipinski definition) is 1. The molecule has 0 fully saturated rings. The molecule has 7 heteroatoms. The molecule has 0 radical (unpaired) electrons. The zero-order valence-electron chi connectivity index (χ0n) is 17.5. The average molecular weight is 430 g/mol. The van der Waals surface area contributed by atoms with Crippen molar-refractivity contribution in [3.63, 3.8) is 0 Å². The van der Waals surface area contributed by atoms with Crippen LogP contribution in [0.2, 0.25) is 0 Å². The normalized spacial score (nSPS) is 12.5. The topological polar surface area (TPSA) is 72.3 Å². The van der Waals surface area contributed by atoms with E-state index in [2.05, 4.69) is 56.7 Å². The molecule has 2 aromatic carbocycles. The van der Waals surface area contributed by atoms with Crippen LogP contribution in [-0.4, -0.2) is 27.3 Å². The standard InChI is InChI=1S/C24H23N5OS/c1-15(2)30-20-11-18-13-25-12-17(18)10-19(20)28-23-22-24(27-14-26-23)31-21(29-22)9-8-16-6-4-3-5-7-16/h3-7,10-12,14-15H,8-9,13H2,1-2H3,(H,26,27,28). The predicted octanol–water partition coefficient (Wildman–Crippen LogP) is 5.33. The first-order chi connectivity index (χ1) is 15.2.